The van der Waals surface area contributed by atoms with Crippen molar-refractivity contribution in [3.05, 3.63) is 35.4 Å². The molecule has 2 N–H and O–H groups in total. The normalized spacial score (nSPS) is 11.8. The highest BCUT2D eigenvalue weighted by atomic mass is 15.0. The quantitative estimate of drug-likeness (QED) is 0.740. The lowest BCUT2D eigenvalue weighted by atomic mass is 10.1. The third-order valence-corrected chi connectivity index (χ3v) is 2.77. The Balaban J connectivity index is 2.27. The lowest BCUT2D eigenvalue weighted by molar-refractivity contribution is 0.421. The van der Waals surface area contributed by atoms with Crippen LogP contribution in [0.1, 0.15) is 38.8 Å². The second kappa shape index (κ2) is 6.77. The fourth-order valence-electron chi connectivity index (χ4n) is 1.82. The molecule has 0 radical (unpaired) electrons. The topological polar surface area (TPSA) is 24.1 Å². The minimum atomic E-state index is 0.211. The first kappa shape index (κ1) is 14.2. The summed E-state index contributed by atoms with van der Waals surface area (Å²) in [5.41, 5.74) is 3.08. The molecule has 96 valence electrons. The lowest BCUT2D eigenvalue weighted by Gasteiger charge is -2.20. The van der Waals surface area contributed by atoms with Gasteiger partial charge in [0.25, 0.3) is 0 Å². The maximum Gasteiger partial charge on any atom is 0.0208 e. The van der Waals surface area contributed by atoms with Crippen LogP contribution in [0.5, 0.6) is 0 Å². The lowest BCUT2D eigenvalue weighted by Crippen LogP contribution is -2.40. The number of hydrogen-bond donors (Lipinski definition) is 2. The zero-order chi connectivity index (χ0) is 12.7. The van der Waals surface area contributed by atoms with Gasteiger partial charge in [0.05, 0.1) is 0 Å². The molecule has 1 rings (SSSR count). The van der Waals surface area contributed by atoms with E-state index in [4.69, 9.17) is 0 Å². The predicted octanol–water partition coefficient (Wildman–Crippen LogP) is 2.73. The number of benzene rings is 1. The first-order valence-corrected chi connectivity index (χ1v) is 6.55. The van der Waals surface area contributed by atoms with E-state index >= 15 is 0 Å². The molecule has 0 amide bonds. The number of aryl methyl sites for hydroxylation is 1. The van der Waals surface area contributed by atoms with E-state index in [2.05, 4.69) is 62.6 Å². The van der Waals surface area contributed by atoms with Crippen LogP contribution in [-0.4, -0.2) is 18.6 Å². The van der Waals surface area contributed by atoms with Gasteiger partial charge in [-0.25, -0.2) is 0 Å². The van der Waals surface area contributed by atoms with Crippen LogP contribution in [0.4, 0.5) is 0 Å². The Hall–Kier alpha value is -0.860. The summed E-state index contributed by atoms with van der Waals surface area (Å²) in [5, 5.41) is 6.96. The van der Waals surface area contributed by atoms with Crippen LogP contribution in [0, 0.1) is 0 Å². The third kappa shape index (κ3) is 5.85. The van der Waals surface area contributed by atoms with Crippen molar-refractivity contribution in [1.82, 2.24) is 10.6 Å². The largest absolute Gasteiger partial charge is 0.311 e. The molecule has 0 saturated heterocycles. The molecule has 0 unspecified atom stereocenters. The van der Waals surface area contributed by atoms with E-state index in [-0.39, 0.29) is 5.54 Å². The van der Waals surface area contributed by atoms with E-state index in [1.54, 1.807) is 0 Å². The van der Waals surface area contributed by atoms with Crippen molar-refractivity contribution in [3.8, 4) is 0 Å². The van der Waals surface area contributed by atoms with E-state index in [0.29, 0.717) is 0 Å². The highest BCUT2D eigenvalue weighted by Gasteiger charge is 2.06. The molecule has 0 saturated carbocycles. The Morgan fingerprint density at radius 1 is 1.00 bits per heavy atom. The van der Waals surface area contributed by atoms with Crippen molar-refractivity contribution in [3.63, 3.8) is 0 Å². The van der Waals surface area contributed by atoms with Gasteiger partial charge in [0.15, 0.2) is 0 Å². The molecule has 0 aliphatic heterocycles. The van der Waals surface area contributed by atoms with Crippen LogP contribution < -0.4 is 10.6 Å². The van der Waals surface area contributed by atoms with Crippen LogP contribution >= 0.6 is 0 Å². The van der Waals surface area contributed by atoms with Crippen molar-refractivity contribution in [2.45, 2.75) is 46.2 Å². The van der Waals surface area contributed by atoms with Gasteiger partial charge in [-0.3, -0.25) is 0 Å². The van der Waals surface area contributed by atoms with E-state index in [0.717, 1.165) is 26.1 Å². The minimum Gasteiger partial charge on any atom is -0.311 e. The summed E-state index contributed by atoms with van der Waals surface area (Å²) in [4.78, 5) is 0. The molecule has 2 heteroatoms. The molecule has 2 nitrogen and oxygen atoms in total. The Morgan fingerprint density at radius 2 is 1.65 bits per heavy atom. The summed E-state index contributed by atoms with van der Waals surface area (Å²) in [7, 11) is 0. The minimum absolute atomic E-state index is 0.211. The maximum atomic E-state index is 3.49. The molecule has 1 aromatic carbocycles. The van der Waals surface area contributed by atoms with Crippen LogP contribution in [0.15, 0.2) is 24.3 Å². The predicted molar refractivity (Wildman–Crippen MR) is 75.3 cm³/mol. The molecule has 0 aliphatic rings. The zero-order valence-electron chi connectivity index (χ0n) is 11.6. The van der Waals surface area contributed by atoms with Crippen molar-refractivity contribution in [1.29, 1.82) is 0 Å². The van der Waals surface area contributed by atoms with Gasteiger partial charge in [-0.15, -0.1) is 0 Å². The fraction of sp³-hybridized carbons (Fsp3) is 0.600. The Morgan fingerprint density at radius 3 is 2.24 bits per heavy atom. The van der Waals surface area contributed by atoms with Crippen molar-refractivity contribution in [2.75, 3.05) is 13.1 Å². The molecule has 0 aromatic heterocycles. The van der Waals surface area contributed by atoms with Crippen molar-refractivity contribution < 1.29 is 0 Å². The van der Waals surface area contributed by atoms with Gasteiger partial charge in [-0.05, 0) is 38.3 Å². The Labute approximate surface area is 106 Å². The second-order valence-corrected chi connectivity index (χ2v) is 5.48. The standard InChI is InChI=1S/C15H26N2/c1-5-13-8-6-7-9-14(13)12-16-10-11-17-15(2,3)4/h6-9,16-17H,5,10-12H2,1-4H3. The van der Waals surface area contributed by atoms with Gasteiger partial charge in [0, 0.05) is 25.2 Å². The molecule has 1 aromatic rings. The summed E-state index contributed by atoms with van der Waals surface area (Å²) in [6, 6.07) is 8.65. The highest BCUT2D eigenvalue weighted by Crippen LogP contribution is 2.08. The first-order chi connectivity index (χ1) is 8.03. The summed E-state index contributed by atoms with van der Waals surface area (Å²) in [6.07, 6.45) is 1.11. The zero-order valence-corrected chi connectivity index (χ0v) is 11.6. The SMILES string of the molecule is CCc1ccccc1CNCCNC(C)(C)C. The van der Waals surface area contributed by atoms with Gasteiger partial charge < -0.3 is 10.6 Å². The highest BCUT2D eigenvalue weighted by molar-refractivity contribution is 5.26. The number of hydrogen-bond acceptors (Lipinski definition) is 2. The molecular weight excluding hydrogens is 208 g/mol. The van der Waals surface area contributed by atoms with Crippen molar-refractivity contribution in [2.24, 2.45) is 0 Å². The van der Waals surface area contributed by atoms with Crippen LogP contribution in [0.3, 0.4) is 0 Å². The molecule has 0 bridgehead atoms. The molecule has 17 heavy (non-hydrogen) atoms. The molecule has 0 aliphatic carbocycles. The fourth-order valence-corrected chi connectivity index (χ4v) is 1.82. The van der Waals surface area contributed by atoms with Crippen LogP contribution in [0.2, 0.25) is 0 Å². The first-order valence-electron chi connectivity index (χ1n) is 6.55. The summed E-state index contributed by atoms with van der Waals surface area (Å²) < 4.78 is 0. The van der Waals surface area contributed by atoms with Gasteiger partial charge >= 0.3 is 0 Å². The van der Waals surface area contributed by atoms with E-state index in [1.165, 1.54) is 11.1 Å². The summed E-state index contributed by atoms with van der Waals surface area (Å²) >= 11 is 0. The molecule has 0 spiro atoms. The Bertz CT molecular complexity index is 326. The van der Waals surface area contributed by atoms with Gasteiger partial charge in [0.1, 0.15) is 0 Å². The molecule has 0 atom stereocenters. The maximum absolute atomic E-state index is 3.49. The molecule has 0 fully saturated rings. The third-order valence-electron chi connectivity index (χ3n) is 2.77. The second-order valence-electron chi connectivity index (χ2n) is 5.48. The summed E-state index contributed by atoms with van der Waals surface area (Å²) in [5.74, 6) is 0. The van der Waals surface area contributed by atoms with E-state index < -0.39 is 0 Å². The monoisotopic (exact) mass is 234 g/mol. The van der Waals surface area contributed by atoms with Gasteiger partial charge in [-0.1, -0.05) is 31.2 Å². The van der Waals surface area contributed by atoms with Crippen LogP contribution in [-0.2, 0) is 13.0 Å². The molecule has 0 heterocycles. The van der Waals surface area contributed by atoms with Crippen LogP contribution in [0.25, 0.3) is 0 Å². The number of rotatable bonds is 6. The van der Waals surface area contributed by atoms with Gasteiger partial charge in [-0.2, -0.15) is 0 Å². The molecular formula is C15H26N2. The smallest absolute Gasteiger partial charge is 0.0208 e. The average Bonchev–Trinajstić information content (AvgIpc) is 2.27. The number of nitrogens with one attached hydrogen (secondary N) is 2. The van der Waals surface area contributed by atoms with E-state index in [9.17, 15) is 0 Å². The average molecular weight is 234 g/mol. The summed E-state index contributed by atoms with van der Waals surface area (Å²) in [6.45, 7) is 11.8. The Kier molecular flexibility index (Phi) is 5.66. The van der Waals surface area contributed by atoms with Gasteiger partial charge in [0.2, 0.25) is 0 Å². The van der Waals surface area contributed by atoms with E-state index in [1.807, 2.05) is 0 Å². The van der Waals surface area contributed by atoms with Crippen molar-refractivity contribution >= 4 is 0 Å².